The SMILES string of the molecule is COc1cccc(OC)c1C(=O)N1CCC(C(=O)Nc2cccc(Br)c2)CC1. The molecule has 1 heterocycles. The van der Waals surface area contributed by atoms with Crippen LogP contribution in [0.5, 0.6) is 11.5 Å². The summed E-state index contributed by atoms with van der Waals surface area (Å²) in [4.78, 5) is 27.3. The Morgan fingerprint density at radius 3 is 2.21 bits per heavy atom. The molecule has 148 valence electrons. The van der Waals surface area contributed by atoms with Crippen molar-refractivity contribution in [2.75, 3.05) is 32.6 Å². The lowest BCUT2D eigenvalue weighted by molar-refractivity contribution is -0.121. The van der Waals surface area contributed by atoms with Crippen molar-refractivity contribution in [2.24, 2.45) is 5.92 Å². The standard InChI is InChI=1S/C21H23BrN2O4/c1-27-17-7-4-8-18(28-2)19(17)21(26)24-11-9-14(10-12-24)20(25)23-16-6-3-5-15(22)13-16/h3-8,13-14H,9-12H2,1-2H3,(H,23,25). The number of carbonyl (C=O) groups excluding carboxylic acids is 2. The molecule has 1 N–H and O–H groups in total. The highest BCUT2D eigenvalue weighted by atomic mass is 79.9. The van der Waals surface area contributed by atoms with E-state index in [-0.39, 0.29) is 17.7 Å². The van der Waals surface area contributed by atoms with Crippen LogP contribution in [0.15, 0.2) is 46.9 Å². The molecule has 7 heteroatoms. The highest BCUT2D eigenvalue weighted by molar-refractivity contribution is 9.10. The lowest BCUT2D eigenvalue weighted by atomic mass is 9.95. The van der Waals surface area contributed by atoms with Crippen LogP contribution in [-0.4, -0.2) is 44.0 Å². The number of hydrogen-bond acceptors (Lipinski definition) is 4. The highest BCUT2D eigenvalue weighted by Crippen LogP contribution is 2.31. The van der Waals surface area contributed by atoms with Crippen molar-refractivity contribution in [1.29, 1.82) is 0 Å². The van der Waals surface area contributed by atoms with Crippen LogP contribution in [0.25, 0.3) is 0 Å². The molecule has 3 rings (SSSR count). The molecule has 1 aliphatic rings. The van der Waals surface area contributed by atoms with E-state index in [4.69, 9.17) is 9.47 Å². The van der Waals surface area contributed by atoms with E-state index in [9.17, 15) is 9.59 Å². The number of methoxy groups -OCH3 is 2. The predicted molar refractivity (Wildman–Crippen MR) is 111 cm³/mol. The third-order valence-electron chi connectivity index (χ3n) is 4.89. The zero-order valence-electron chi connectivity index (χ0n) is 15.9. The van der Waals surface area contributed by atoms with E-state index in [1.54, 1.807) is 23.1 Å². The molecular formula is C21H23BrN2O4. The van der Waals surface area contributed by atoms with Crippen LogP contribution in [-0.2, 0) is 4.79 Å². The van der Waals surface area contributed by atoms with Gasteiger partial charge < -0.3 is 19.7 Å². The first-order valence-electron chi connectivity index (χ1n) is 9.10. The number of nitrogens with one attached hydrogen (secondary N) is 1. The number of hydrogen-bond donors (Lipinski definition) is 1. The second kappa shape index (κ2) is 9.10. The lowest BCUT2D eigenvalue weighted by Gasteiger charge is -2.32. The minimum atomic E-state index is -0.139. The summed E-state index contributed by atoms with van der Waals surface area (Å²) >= 11 is 3.40. The van der Waals surface area contributed by atoms with Gasteiger partial charge in [0.1, 0.15) is 17.1 Å². The van der Waals surface area contributed by atoms with Crippen LogP contribution in [0, 0.1) is 5.92 Å². The molecule has 0 atom stereocenters. The summed E-state index contributed by atoms with van der Waals surface area (Å²) in [6.07, 6.45) is 1.23. The Morgan fingerprint density at radius 2 is 1.64 bits per heavy atom. The molecule has 1 fully saturated rings. The first-order chi connectivity index (χ1) is 13.5. The monoisotopic (exact) mass is 446 g/mol. The maximum Gasteiger partial charge on any atom is 0.261 e. The summed E-state index contributed by atoms with van der Waals surface area (Å²) in [5, 5.41) is 2.95. The van der Waals surface area contributed by atoms with Gasteiger partial charge in [-0.1, -0.05) is 28.1 Å². The quantitative estimate of drug-likeness (QED) is 0.754. The minimum Gasteiger partial charge on any atom is -0.496 e. The maximum absolute atomic E-state index is 13.0. The Balaban J connectivity index is 1.64. The van der Waals surface area contributed by atoms with Crippen LogP contribution in [0.4, 0.5) is 5.69 Å². The van der Waals surface area contributed by atoms with Gasteiger partial charge in [-0.3, -0.25) is 9.59 Å². The predicted octanol–water partition coefficient (Wildman–Crippen LogP) is 3.96. The number of ether oxygens (including phenoxy) is 2. The van der Waals surface area contributed by atoms with Gasteiger partial charge in [0.2, 0.25) is 5.91 Å². The normalized spacial score (nSPS) is 14.5. The number of amides is 2. The molecule has 0 saturated carbocycles. The average molecular weight is 447 g/mol. The molecule has 6 nitrogen and oxygen atoms in total. The molecule has 0 unspecified atom stereocenters. The van der Waals surface area contributed by atoms with Gasteiger partial charge in [0.25, 0.3) is 5.91 Å². The van der Waals surface area contributed by atoms with Crippen LogP contribution < -0.4 is 14.8 Å². The van der Waals surface area contributed by atoms with Crippen molar-refractivity contribution in [3.8, 4) is 11.5 Å². The molecule has 0 aromatic heterocycles. The van der Waals surface area contributed by atoms with Gasteiger partial charge in [-0.15, -0.1) is 0 Å². The van der Waals surface area contributed by atoms with Crippen LogP contribution in [0.1, 0.15) is 23.2 Å². The number of halogens is 1. The first-order valence-corrected chi connectivity index (χ1v) is 9.89. The largest absolute Gasteiger partial charge is 0.496 e. The van der Waals surface area contributed by atoms with E-state index in [1.807, 2.05) is 24.3 Å². The molecule has 0 bridgehead atoms. The molecular weight excluding hydrogens is 424 g/mol. The fourth-order valence-corrected chi connectivity index (χ4v) is 3.77. The Labute approximate surface area is 172 Å². The number of carbonyl (C=O) groups is 2. The highest BCUT2D eigenvalue weighted by Gasteiger charge is 2.30. The van der Waals surface area contributed by atoms with Crippen molar-refractivity contribution in [3.05, 3.63) is 52.5 Å². The van der Waals surface area contributed by atoms with Gasteiger partial charge >= 0.3 is 0 Å². The summed E-state index contributed by atoms with van der Waals surface area (Å²) in [5.41, 5.74) is 1.18. The minimum absolute atomic E-state index is 0.0138. The summed E-state index contributed by atoms with van der Waals surface area (Å²) < 4.78 is 11.6. The van der Waals surface area contributed by atoms with Gasteiger partial charge in [0.05, 0.1) is 14.2 Å². The summed E-state index contributed by atoms with van der Waals surface area (Å²) in [5.74, 6) is 0.695. The Hall–Kier alpha value is -2.54. The Kier molecular flexibility index (Phi) is 6.57. The Bertz CT molecular complexity index is 841. The van der Waals surface area contributed by atoms with Crippen molar-refractivity contribution in [3.63, 3.8) is 0 Å². The lowest BCUT2D eigenvalue weighted by Crippen LogP contribution is -2.41. The molecule has 2 aromatic carbocycles. The topological polar surface area (TPSA) is 67.9 Å². The number of anilines is 1. The zero-order chi connectivity index (χ0) is 20.1. The molecule has 1 saturated heterocycles. The van der Waals surface area contributed by atoms with E-state index in [0.29, 0.717) is 43.0 Å². The van der Waals surface area contributed by atoms with Crippen LogP contribution in [0.2, 0.25) is 0 Å². The van der Waals surface area contributed by atoms with Crippen molar-refractivity contribution in [1.82, 2.24) is 4.90 Å². The number of benzene rings is 2. The second-order valence-electron chi connectivity index (χ2n) is 6.60. The molecule has 0 spiro atoms. The number of rotatable bonds is 5. The molecule has 2 aromatic rings. The summed E-state index contributed by atoms with van der Waals surface area (Å²) in [7, 11) is 3.06. The van der Waals surface area contributed by atoms with E-state index >= 15 is 0 Å². The summed E-state index contributed by atoms with van der Waals surface area (Å²) in [6, 6.07) is 12.8. The van der Waals surface area contributed by atoms with Gasteiger partial charge in [0, 0.05) is 29.2 Å². The fraction of sp³-hybridized carbons (Fsp3) is 0.333. The molecule has 0 radical (unpaired) electrons. The average Bonchev–Trinajstić information content (AvgIpc) is 2.72. The van der Waals surface area contributed by atoms with Crippen LogP contribution in [0.3, 0.4) is 0 Å². The smallest absolute Gasteiger partial charge is 0.261 e. The zero-order valence-corrected chi connectivity index (χ0v) is 17.5. The van der Waals surface area contributed by atoms with Crippen molar-refractivity contribution >= 4 is 33.4 Å². The first kappa shape index (κ1) is 20.2. The third kappa shape index (κ3) is 4.47. The van der Waals surface area contributed by atoms with Gasteiger partial charge in [-0.05, 0) is 43.2 Å². The molecule has 2 amide bonds. The molecule has 1 aliphatic heterocycles. The van der Waals surface area contributed by atoms with Gasteiger partial charge in [-0.25, -0.2) is 0 Å². The number of nitrogens with zero attached hydrogens (tertiary/aromatic N) is 1. The van der Waals surface area contributed by atoms with Gasteiger partial charge in [-0.2, -0.15) is 0 Å². The number of piperidine rings is 1. The van der Waals surface area contributed by atoms with E-state index in [1.165, 1.54) is 14.2 Å². The molecule has 28 heavy (non-hydrogen) atoms. The maximum atomic E-state index is 13.0. The van der Waals surface area contributed by atoms with Crippen molar-refractivity contribution in [2.45, 2.75) is 12.8 Å². The van der Waals surface area contributed by atoms with Crippen LogP contribution >= 0.6 is 15.9 Å². The number of likely N-dealkylation sites (tertiary alicyclic amines) is 1. The van der Waals surface area contributed by atoms with Crippen molar-refractivity contribution < 1.29 is 19.1 Å². The second-order valence-corrected chi connectivity index (χ2v) is 7.52. The fourth-order valence-electron chi connectivity index (χ4n) is 3.38. The Morgan fingerprint density at radius 1 is 1.04 bits per heavy atom. The van der Waals surface area contributed by atoms with Gasteiger partial charge in [0.15, 0.2) is 0 Å². The molecule has 0 aliphatic carbocycles. The van der Waals surface area contributed by atoms with E-state index in [0.717, 1.165) is 10.2 Å². The summed E-state index contributed by atoms with van der Waals surface area (Å²) in [6.45, 7) is 1.02. The third-order valence-corrected chi connectivity index (χ3v) is 5.38. The van der Waals surface area contributed by atoms with E-state index in [2.05, 4.69) is 21.2 Å². The van der Waals surface area contributed by atoms with E-state index < -0.39 is 0 Å².